The molecule has 4 heteroatoms. The molecule has 1 aliphatic carbocycles. The molecule has 1 N–H and O–H groups in total. The number of carbonyl (C=O) groups excluding carboxylic acids is 1. The van der Waals surface area contributed by atoms with Crippen LogP contribution < -0.4 is 10.2 Å². The SMILES string of the molecule is CCc1cc2c(cn1)NC(=O)C(CC)N2C1CCCC1. The smallest absolute Gasteiger partial charge is 0.247 e. The highest BCUT2D eigenvalue weighted by Crippen LogP contribution is 2.38. The van der Waals surface area contributed by atoms with Crippen LogP contribution in [0.3, 0.4) is 0 Å². The summed E-state index contributed by atoms with van der Waals surface area (Å²) in [4.78, 5) is 19.1. The summed E-state index contributed by atoms with van der Waals surface area (Å²) in [7, 11) is 0. The van der Waals surface area contributed by atoms with Crippen molar-refractivity contribution in [3.05, 3.63) is 18.0 Å². The molecule has 20 heavy (non-hydrogen) atoms. The third-order valence-electron chi connectivity index (χ3n) is 4.58. The monoisotopic (exact) mass is 273 g/mol. The van der Waals surface area contributed by atoms with Crippen LogP contribution in [0, 0.1) is 0 Å². The van der Waals surface area contributed by atoms with E-state index in [1.165, 1.54) is 31.4 Å². The lowest BCUT2D eigenvalue weighted by Crippen LogP contribution is -2.52. The molecule has 1 fully saturated rings. The second kappa shape index (κ2) is 5.43. The molecule has 0 spiro atoms. The minimum Gasteiger partial charge on any atom is -0.355 e. The predicted octanol–water partition coefficient (Wildman–Crippen LogP) is 3.12. The van der Waals surface area contributed by atoms with Gasteiger partial charge >= 0.3 is 0 Å². The number of nitrogens with one attached hydrogen (secondary N) is 1. The number of carbonyl (C=O) groups is 1. The molecule has 1 aliphatic heterocycles. The molecule has 2 heterocycles. The van der Waals surface area contributed by atoms with E-state index in [4.69, 9.17) is 0 Å². The maximum absolute atomic E-state index is 12.3. The maximum Gasteiger partial charge on any atom is 0.247 e. The fourth-order valence-corrected chi connectivity index (χ4v) is 3.52. The summed E-state index contributed by atoms with van der Waals surface area (Å²) >= 11 is 0. The molecular weight excluding hydrogens is 250 g/mol. The molecule has 1 aromatic rings. The number of fused-ring (bicyclic) bond motifs is 1. The highest BCUT2D eigenvalue weighted by Gasteiger charge is 2.37. The third kappa shape index (κ3) is 2.17. The van der Waals surface area contributed by atoms with Gasteiger partial charge in [0.25, 0.3) is 0 Å². The lowest BCUT2D eigenvalue weighted by atomic mass is 10.0. The van der Waals surface area contributed by atoms with Gasteiger partial charge in [0.1, 0.15) is 6.04 Å². The van der Waals surface area contributed by atoms with Crippen LogP contribution in [0.15, 0.2) is 12.3 Å². The Balaban J connectivity index is 2.05. The van der Waals surface area contributed by atoms with Gasteiger partial charge < -0.3 is 10.2 Å². The van der Waals surface area contributed by atoms with Gasteiger partial charge in [-0.1, -0.05) is 26.7 Å². The zero-order valence-corrected chi connectivity index (χ0v) is 12.4. The molecule has 1 aromatic heterocycles. The summed E-state index contributed by atoms with van der Waals surface area (Å²) in [5.74, 6) is 0.123. The van der Waals surface area contributed by atoms with Gasteiger partial charge in [-0.3, -0.25) is 9.78 Å². The topological polar surface area (TPSA) is 45.2 Å². The van der Waals surface area contributed by atoms with Crippen molar-refractivity contribution in [1.82, 2.24) is 4.98 Å². The van der Waals surface area contributed by atoms with Crippen molar-refractivity contribution in [2.45, 2.75) is 64.5 Å². The second-order valence-corrected chi connectivity index (χ2v) is 5.81. The van der Waals surface area contributed by atoms with E-state index in [0.717, 1.165) is 24.2 Å². The first-order chi connectivity index (χ1) is 9.74. The number of aryl methyl sites for hydroxylation is 1. The van der Waals surface area contributed by atoms with Crippen molar-refractivity contribution < 1.29 is 4.79 Å². The van der Waals surface area contributed by atoms with Crippen LogP contribution in [0.2, 0.25) is 0 Å². The predicted molar refractivity (Wildman–Crippen MR) is 81.1 cm³/mol. The highest BCUT2D eigenvalue weighted by atomic mass is 16.2. The number of hydrogen-bond donors (Lipinski definition) is 1. The molecule has 1 unspecified atom stereocenters. The van der Waals surface area contributed by atoms with Crippen LogP contribution in [0.25, 0.3) is 0 Å². The van der Waals surface area contributed by atoms with Gasteiger partial charge in [-0.25, -0.2) is 0 Å². The van der Waals surface area contributed by atoms with Gasteiger partial charge in [-0.2, -0.15) is 0 Å². The zero-order valence-electron chi connectivity index (χ0n) is 12.4. The molecule has 0 aromatic carbocycles. The van der Waals surface area contributed by atoms with E-state index in [-0.39, 0.29) is 11.9 Å². The van der Waals surface area contributed by atoms with E-state index in [1.807, 2.05) is 6.20 Å². The van der Waals surface area contributed by atoms with E-state index < -0.39 is 0 Å². The van der Waals surface area contributed by atoms with Gasteiger partial charge in [-0.05, 0) is 31.7 Å². The average molecular weight is 273 g/mol. The van der Waals surface area contributed by atoms with E-state index in [2.05, 4.69) is 35.1 Å². The van der Waals surface area contributed by atoms with E-state index in [0.29, 0.717) is 6.04 Å². The number of nitrogens with zero attached hydrogens (tertiary/aromatic N) is 2. The molecule has 0 bridgehead atoms. The first-order valence-electron chi connectivity index (χ1n) is 7.82. The Hall–Kier alpha value is -1.58. The van der Waals surface area contributed by atoms with Gasteiger partial charge in [0.2, 0.25) is 5.91 Å². The maximum atomic E-state index is 12.3. The normalized spacial score (nSPS) is 22.8. The van der Waals surface area contributed by atoms with Crippen molar-refractivity contribution >= 4 is 17.3 Å². The lowest BCUT2D eigenvalue weighted by Gasteiger charge is -2.41. The third-order valence-corrected chi connectivity index (χ3v) is 4.58. The molecule has 3 rings (SSSR count). The summed E-state index contributed by atoms with van der Waals surface area (Å²) in [6.07, 6.45) is 8.56. The number of anilines is 2. The molecule has 4 nitrogen and oxygen atoms in total. The number of pyridine rings is 1. The minimum atomic E-state index is -0.0299. The molecule has 108 valence electrons. The van der Waals surface area contributed by atoms with Crippen LogP contribution in [-0.4, -0.2) is 23.0 Å². The van der Waals surface area contributed by atoms with Gasteiger partial charge in [0.15, 0.2) is 0 Å². The zero-order chi connectivity index (χ0) is 14.1. The Morgan fingerprint density at radius 1 is 1.35 bits per heavy atom. The van der Waals surface area contributed by atoms with Gasteiger partial charge in [-0.15, -0.1) is 0 Å². The summed E-state index contributed by atoms with van der Waals surface area (Å²) in [5, 5.41) is 3.02. The van der Waals surface area contributed by atoms with Crippen LogP contribution in [0.1, 0.15) is 51.6 Å². The van der Waals surface area contributed by atoms with Gasteiger partial charge in [0, 0.05) is 11.7 Å². The second-order valence-electron chi connectivity index (χ2n) is 5.81. The summed E-state index contributed by atoms with van der Waals surface area (Å²) in [6.45, 7) is 4.21. The van der Waals surface area contributed by atoms with Crippen molar-refractivity contribution in [3.8, 4) is 0 Å². The Kier molecular flexibility index (Phi) is 3.64. The molecule has 1 atom stereocenters. The first-order valence-corrected chi connectivity index (χ1v) is 7.82. The number of rotatable bonds is 3. The van der Waals surface area contributed by atoms with E-state index in [9.17, 15) is 4.79 Å². The first kappa shape index (κ1) is 13.4. The lowest BCUT2D eigenvalue weighted by molar-refractivity contribution is -0.117. The van der Waals surface area contributed by atoms with Crippen LogP contribution in [-0.2, 0) is 11.2 Å². The van der Waals surface area contributed by atoms with Crippen molar-refractivity contribution in [3.63, 3.8) is 0 Å². The Morgan fingerprint density at radius 2 is 2.10 bits per heavy atom. The molecule has 0 saturated heterocycles. The summed E-state index contributed by atoms with van der Waals surface area (Å²) in [6, 6.07) is 2.64. The quantitative estimate of drug-likeness (QED) is 0.920. The highest BCUT2D eigenvalue weighted by molar-refractivity contribution is 6.03. The van der Waals surface area contributed by atoms with Gasteiger partial charge in [0.05, 0.1) is 17.6 Å². The number of amides is 1. The number of hydrogen-bond acceptors (Lipinski definition) is 3. The largest absolute Gasteiger partial charge is 0.355 e. The fourth-order valence-electron chi connectivity index (χ4n) is 3.52. The Bertz CT molecular complexity index is 508. The average Bonchev–Trinajstić information content (AvgIpc) is 2.99. The molecule has 1 saturated carbocycles. The van der Waals surface area contributed by atoms with Crippen LogP contribution in [0.4, 0.5) is 11.4 Å². The van der Waals surface area contributed by atoms with E-state index in [1.54, 1.807) is 0 Å². The van der Waals surface area contributed by atoms with E-state index >= 15 is 0 Å². The van der Waals surface area contributed by atoms with Crippen LogP contribution in [0.5, 0.6) is 0 Å². The van der Waals surface area contributed by atoms with Crippen LogP contribution >= 0.6 is 0 Å². The summed E-state index contributed by atoms with van der Waals surface area (Å²) in [5.41, 5.74) is 3.15. The van der Waals surface area contributed by atoms with Crippen molar-refractivity contribution in [2.24, 2.45) is 0 Å². The minimum absolute atomic E-state index is 0.0299. The fraction of sp³-hybridized carbons (Fsp3) is 0.625. The van der Waals surface area contributed by atoms with Crippen molar-refractivity contribution in [2.75, 3.05) is 10.2 Å². The van der Waals surface area contributed by atoms with Crippen molar-refractivity contribution in [1.29, 1.82) is 0 Å². The standard InChI is InChI=1S/C16H23N3O/c1-3-11-9-15-13(10-17-11)18-16(20)14(4-2)19(15)12-7-5-6-8-12/h9-10,12,14H,3-8H2,1-2H3,(H,18,20). The Labute approximate surface area is 120 Å². The molecular formula is C16H23N3O. The Morgan fingerprint density at radius 3 is 2.75 bits per heavy atom. The molecule has 2 aliphatic rings. The number of aromatic nitrogens is 1. The summed E-state index contributed by atoms with van der Waals surface area (Å²) < 4.78 is 0. The molecule has 0 radical (unpaired) electrons. The molecule has 1 amide bonds.